The molecule has 0 N–H and O–H groups in total. The summed E-state index contributed by atoms with van der Waals surface area (Å²) in [4.78, 5) is 16.2. The molecule has 2 heterocycles. The van der Waals surface area contributed by atoms with Crippen molar-refractivity contribution in [2.75, 3.05) is 7.05 Å². The van der Waals surface area contributed by atoms with Crippen molar-refractivity contribution in [1.82, 2.24) is 4.90 Å². The van der Waals surface area contributed by atoms with Crippen LogP contribution in [0.2, 0.25) is 0 Å². The third-order valence-corrected chi connectivity index (χ3v) is 4.96. The fourth-order valence-electron chi connectivity index (χ4n) is 1.65. The molecule has 0 aliphatic carbocycles. The standard InChI is InChI=1S/C13H15NOS2/c1-9-6-8-17-12(9)13(15)14(3)10(2)11-5-4-7-16-11/h4-8,10H,1-3H3/t10-/m0/s1. The maximum absolute atomic E-state index is 12.3. The van der Waals surface area contributed by atoms with Crippen LogP contribution in [-0.2, 0) is 0 Å². The maximum atomic E-state index is 12.3. The van der Waals surface area contributed by atoms with E-state index >= 15 is 0 Å². The van der Waals surface area contributed by atoms with Crippen molar-refractivity contribution < 1.29 is 4.79 Å². The third-order valence-electron chi connectivity index (χ3n) is 2.91. The van der Waals surface area contributed by atoms with Crippen LogP contribution < -0.4 is 0 Å². The number of rotatable bonds is 3. The normalized spacial score (nSPS) is 12.4. The number of nitrogens with zero attached hydrogens (tertiary/aromatic N) is 1. The van der Waals surface area contributed by atoms with E-state index in [1.54, 1.807) is 11.3 Å². The van der Waals surface area contributed by atoms with E-state index < -0.39 is 0 Å². The van der Waals surface area contributed by atoms with Gasteiger partial charge in [0.05, 0.1) is 10.9 Å². The van der Waals surface area contributed by atoms with Gasteiger partial charge in [-0.25, -0.2) is 0 Å². The van der Waals surface area contributed by atoms with Crippen LogP contribution in [0.3, 0.4) is 0 Å². The van der Waals surface area contributed by atoms with E-state index in [0.717, 1.165) is 10.4 Å². The predicted molar refractivity (Wildman–Crippen MR) is 73.9 cm³/mol. The Hall–Kier alpha value is -1.13. The minimum Gasteiger partial charge on any atom is -0.333 e. The number of thiophene rings is 2. The zero-order chi connectivity index (χ0) is 12.4. The summed E-state index contributed by atoms with van der Waals surface area (Å²) in [5.74, 6) is 0.110. The molecule has 4 heteroatoms. The fraction of sp³-hybridized carbons (Fsp3) is 0.308. The zero-order valence-electron chi connectivity index (χ0n) is 10.1. The van der Waals surface area contributed by atoms with E-state index in [2.05, 4.69) is 13.0 Å². The van der Waals surface area contributed by atoms with Gasteiger partial charge in [0.2, 0.25) is 0 Å². The molecule has 0 aromatic carbocycles. The van der Waals surface area contributed by atoms with Gasteiger partial charge in [-0.15, -0.1) is 22.7 Å². The van der Waals surface area contributed by atoms with Crippen molar-refractivity contribution >= 4 is 28.6 Å². The highest BCUT2D eigenvalue weighted by molar-refractivity contribution is 7.12. The molecule has 1 amide bonds. The highest BCUT2D eigenvalue weighted by Crippen LogP contribution is 2.26. The van der Waals surface area contributed by atoms with Gasteiger partial charge >= 0.3 is 0 Å². The molecule has 2 aromatic rings. The molecule has 90 valence electrons. The number of hydrogen-bond acceptors (Lipinski definition) is 3. The van der Waals surface area contributed by atoms with Crippen LogP contribution in [0, 0.1) is 6.92 Å². The molecule has 1 atom stereocenters. The Morgan fingerprint density at radius 1 is 1.29 bits per heavy atom. The first-order chi connectivity index (χ1) is 8.11. The Bertz CT molecular complexity index is 501. The van der Waals surface area contributed by atoms with E-state index in [0.29, 0.717) is 0 Å². The molecule has 2 nitrogen and oxygen atoms in total. The van der Waals surface area contributed by atoms with Gasteiger partial charge in [0.15, 0.2) is 0 Å². The van der Waals surface area contributed by atoms with Gasteiger partial charge in [0.25, 0.3) is 5.91 Å². The highest BCUT2D eigenvalue weighted by atomic mass is 32.1. The lowest BCUT2D eigenvalue weighted by Gasteiger charge is -2.23. The molecule has 2 aromatic heterocycles. The second-order valence-electron chi connectivity index (χ2n) is 4.04. The Morgan fingerprint density at radius 3 is 2.59 bits per heavy atom. The van der Waals surface area contributed by atoms with Crippen molar-refractivity contribution in [2.24, 2.45) is 0 Å². The molecule has 0 saturated carbocycles. The third kappa shape index (κ3) is 2.42. The van der Waals surface area contributed by atoms with E-state index in [-0.39, 0.29) is 11.9 Å². The average Bonchev–Trinajstić information content (AvgIpc) is 2.96. The monoisotopic (exact) mass is 265 g/mol. The molecule has 0 aliphatic rings. The topological polar surface area (TPSA) is 20.3 Å². The van der Waals surface area contributed by atoms with E-state index in [4.69, 9.17) is 0 Å². The van der Waals surface area contributed by atoms with Crippen molar-refractivity contribution in [3.63, 3.8) is 0 Å². The minimum absolute atomic E-state index is 0.110. The van der Waals surface area contributed by atoms with Crippen molar-refractivity contribution in [3.05, 3.63) is 44.3 Å². The molecule has 0 aliphatic heterocycles. The molecule has 0 saturated heterocycles. The number of hydrogen-bond donors (Lipinski definition) is 0. The van der Waals surface area contributed by atoms with E-state index in [9.17, 15) is 4.79 Å². The number of carbonyl (C=O) groups excluding carboxylic acids is 1. The van der Waals surface area contributed by atoms with Crippen molar-refractivity contribution in [3.8, 4) is 0 Å². The first kappa shape index (κ1) is 12.3. The smallest absolute Gasteiger partial charge is 0.264 e. The lowest BCUT2D eigenvalue weighted by Crippen LogP contribution is -2.29. The molecule has 17 heavy (non-hydrogen) atoms. The van der Waals surface area contributed by atoms with Crippen LogP contribution in [0.15, 0.2) is 29.0 Å². The van der Waals surface area contributed by atoms with Crippen LogP contribution in [0.4, 0.5) is 0 Å². The van der Waals surface area contributed by atoms with Gasteiger partial charge in [-0.05, 0) is 42.3 Å². The van der Waals surface area contributed by atoms with Crippen LogP contribution in [0.5, 0.6) is 0 Å². The predicted octanol–water partition coefficient (Wildman–Crippen LogP) is 3.95. The summed E-state index contributed by atoms with van der Waals surface area (Å²) in [6, 6.07) is 6.21. The van der Waals surface area contributed by atoms with Gasteiger partial charge < -0.3 is 4.90 Å². The SMILES string of the molecule is Cc1ccsc1C(=O)N(C)[C@@H](C)c1cccs1. The molecule has 2 rings (SSSR count). The second kappa shape index (κ2) is 5.02. The van der Waals surface area contributed by atoms with Gasteiger partial charge in [-0.2, -0.15) is 0 Å². The number of amides is 1. The van der Waals surface area contributed by atoms with Gasteiger partial charge in [0, 0.05) is 11.9 Å². The fourth-order valence-corrected chi connectivity index (χ4v) is 3.38. The summed E-state index contributed by atoms with van der Waals surface area (Å²) in [5, 5.41) is 4.01. The molecule has 0 radical (unpaired) electrons. The van der Waals surface area contributed by atoms with Crippen molar-refractivity contribution in [2.45, 2.75) is 19.9 Å². The summed E-state index contributed by atoms with van der Waals surface area (Å²) in [5.41, 5.74) is 1.06. The average molecular weight is 265 g/mol. The first-order valence-corrected chi connectivity index (χ1v) is 7.22. The molecule has 0 fully saturated rings. The molecular formula is C13H15NOS2. The quantitative estimate of drug-likeness (QED) is 0.823. The van der Waals surface area contributed by atoms with Gasteiger partial charge in [0.1, 0.15) is 0 Å². The molecular weight excluding hydrogens is 250 g/mol. The minimum atomic E-state index is 0.110. The lowest BCUT2D eigenvalue weighted by atomic mass is 10.2. The summed E-state index contributed by atoms with van der Waals surface area (Å²) >= 11 is 3.20. The van der Waals surface area contributed by atoms with Crippen molar-refractivity contribution in [1.29, 1.82) is 0 Å². The van der Waals surface area contributed by atoms with Gasteiger partial charge in [-0.1, -0.05) is 6.07 Å². The van der Waals surface area contributed by atoms with E-state index in [1.165, 1.54) is 16.2 Å². The Balaban J connectivity index is 2.18. The summed E-state index contributed by atoms with van der Waals surface area (Å²) in [7, 11) is 1.87. The van der Waals surface area contributed by atoms with Crippen LogP contribution in [-0.4, -0.2) is 17.9 Å². The Morgan fingerprint density at radius 2 is 2.06 bits per heavy atom. The molecule has 0 spiro atoms. The van der Waals surface area contributed by atoms with Gasteiger partial charge in [-0.3, -0.25) is 4.79 Å². The highest BCUT2D eigenvalue weighted by Gasteiger charge is 2.21. The van der Waals surface area contributed by atoms with Crippen LogP contribution in [0.1, 0.15) is 33.1 Å². The Labute approximate surface area is 110 Å². The van der Waals surface area contributed by atoms with Crippen LogP contribution >= 0.6 is 22.7 Å². The summed E-state index contributed by atoms with van der Waals surface area (Å²) in [6.45, 7) is 4.04. The molecule has 0 unspecified atom stereocenters. The Kier molecular flexibility index (Phi) is 3.64. The lowest BCUT2D eigenvalue weighted by molar-refractivity contribution is 0.0749. The molecule has 0 bridgehead atoms. The summed E-state index contributed by atoms with van der Waals surface area (Å²) < 4.78 is 0. The second-order valence-corrected chi connectivity index (χ2v) is 5.94. The van der Waals surface area contributed by atoms with E-state index in [1.807, 2.05) is 41.8 Å². The summed E-state index contributed by atoms with van der Waals surface area (Å²) in [6.07, 6.45) is 0. The maximum Gasteiger partial charge on any atom is 0.264 e. The first-order valence-electron chi connectivity index (χ1n) is 5.46. The largest absolute Gasteiger partial charge is 0.333 e. The van der Waals surface area contributed by atoms with Crippen LogP contribution in [0.25, 0.3) is 0 Å². The zero-order valence-corrected chi connectivity index (χ0v) is 11.8. The number of aryl methyl sites for hydroxylation is 1. The number of carbonyl (C=O) groups is 1.